The predicted molar refractivity (Wildman–Crippen MR) is 143 cm³/mol. The molecule has 174 valence electrons. The molecule has 0 unspecified atom stereocenters. The number of nitrogens with one attached hydrogen (secondary N) is 1. The summed E-state index contributed by atoms with van der Waals surface area (Å²) in [5.41, 5.74) is 2.82. The van der Waals surface area contributed by atoms with E-state index in [9.17, 15) is 14.4 Å². The van der Waals surface area contributed by atoms with Gasteiger partial charge in [0.1, 0.15) is 10.9 Å². The van der Waals surface area contributed by atoms with E-state index in [1.165, 1.54) is 9.80 Å². The van der Waals surface area contributed by atoms with Crippen molar-refractivity contribution in [3.63, 3.8) is 0 Å². The molecule has 9 heteroatoms. The summed E-state index contributed by atoms with van der Waals surface area (Å²) in [6, 6.07) is 23.5. The van der Waals surface area contributed by atoms with Gasteiger partial charge in [-0.25, -0.2) is 0 Å². The Balaban J connectivity index is 1.44. The van der Waals surface area contributed by atoms with E-state index in [1.54, 1.807) is 48.5 Å². The summed E-state index contributed by atoms with van der Waals surface area (Å²) in [6.45, 7) is 0.0942. The molecule has 3 amide bonds. The highest BCUT2D eigenvalue weighted by Crippen LogP contribution is 2.44. The number of amides is 3. The molecule has 2 heterocycles. The molecule has 1 saturated heterocycles. The van der Waals surface area contributed by atoms with E-state index in [1.807, 2.05) is 30.3 Å². The fourth-order valence-electron chi connectivity index (χ4n) is 4.00. The summed E-state index contributed by atoms with van der Waals surface area (Å²) in [7, 11) is 0. The molecule has 3 aromatic carbocycles. The first-order chi connectivity index (χ1) is 16.9. The third kappa shape index (κ3) is 4.48. The van der Waals surface area contributed by atoms with Crippen LogP contribution in [0.1, 0.15) is 11.1 Å². The van der Waals surface area contributed by atoms with E-state index in [4.69, 9.17) is 23.8 Å². The number of benzene rings is 3. The maximum atomic E-state index is 13.6. The van der Waals surface area contributed by atoms with Crippen LogP contribution in [0.2, 0.25) is 5.02 Å². The lowest BCUT2D eigenvalue weighted by molar-refractivity contribution is -0.122. The van der Waals surface area contributed by atoms with Crippen molar-refractivity contribution >= 4 is 74.6 Å². The molecule has 5 rings (SSSR count). The molecule has 0 saturated carbocycles. The fraction of sp³-hybridized carbons (Fsp3) is 0.0769. The summed E-state index contributed by atoms with van der Waals surface area (Å²) >= 11 is 12.7. The molecule has 2 aliphatic rings. The molecule has 0 aromatic heterocycles. The number of fused-ring (bicyclic) bond motifs is 1. The van der Waals surface area contributed by atoms with Crippen molar-refractivity contribution < 1.29 is 14.4 Å². The van der Waals surface area contributed by atoms with Crippen LogP contribution >= 0.6 is 35.6 Å². The summed E-state index contributed by atoms with van der Waals surface area (Å²) in [6.07, 6.45) is 0. The van der Waals surface area contributed by atoms with Crippen molar-refractivity contribution in [2.75, 3.05) is 16.8 Å². The zero-order valence-electron chi connectivity index (χ0n) is 18.2. The van der Waals surface area contributed by atoms with Crippen LogP contribution in [-0.2, 0) is 20.9 Å². The number of nitrogens with zero attached hydrogens (tertiary/aromatic N) is 2. The number of hydrogen-bond donors (Lipinski definition) is 1. The number of anilines is 2. The summed E-state index contributed by atoms with van der Waals surface area (Å²) in [4.78, 5) is 42.9. The van der Waals surface area contributed by atoms with Crippen molar-refractivity contribution in [3.8, 4) is 0 Å². The molecule has 0 atom stereocenters. The number of halogens is 1. The third-order valence-corrected chi connectivity index (χ3v) is 7.41. The maximum absolute atomic E-state index is 13.6. The third-order valence-electron chi connectivity index (χ3n) is 5.63. The second kappa shape index (κ2) is 9.65. The Bertz CT molecular complexity index is 1410. The van der Waals surface area contributed by atoms with Crippen LogP contribution in [0.3, 0.4) is 0 Å². The highest BCUT2D eigenvalue weighted by atomic mass is 35.5. The van der Waals surface area contributed by atoms with Gasteiger partial charge in [-0.3, -0.25) is 24.2 Å². The highest BCUT2D eigenvalue weighted by molar-refractivity contribution is 8.26. The standard InChI is InChI=1S/C26H18ClN3O3S2/c27-18-11-5-6-12-19(18)28-21(31)15-29-20-13-7-4-10-17(20)22(24(29)32)23-25(33)30(26(34)35-23)14-16-8-2-1-3-9-16/h1-13H,14-15H2,(H,28,31)/b23-22-. The Hall–Kier alpha value is -3.46. The van der Waals surface area contributed by atoms with Crippen molar-refractivity contribution in [2.24, 2.45) is 0 Å². The average Bonchev–Trinajstić information content (AvgIpc) is 3.28. The largest absolute Gasteiger partial charge is 0.323 e. The number of thiocarbonyl (C=S) groups is 1. The maximum Gasteiger partial charge on any atom is 0.267 e. The Morgan fingerprint density at radius 3 is 2.34 bits per heavy atom. The average molecular weight is 520 g/mol. The summed E-state index contributed by atoms with van der Waals surface area (Å²) < 4.78 is 0.390. The Kier molecular flexibility index (Phi) is 6.42. The van der Waals surface area contributed by atoms with Crippen LogP contribution in [-0.4, -0.2) is 33.5 Å². The van der Waals surface area contributed by atoms with Crippen LogP contribution in [0.5, 0.6) is 0 Å². The van der Waals surface area contributed by atoms with Gasteiger partial charge < -0.3 is 5.32 Å². The SMILES string of the molecule is O=C(CN1C(=O)/C(=C2\SC(=S)N(Cc3ccccc3)C2=O)c2ccccc21)Nc1ccccc1Cl. The molecule has 1 N–H and O–H groups in total. The van der Waals surface area contributed by atoms with Gasteiger partial charge >= 0.3 is 0 Å². The van der Waals surface area contributed by atoms with Crippen LogP contribution < -0.4 is 10.2 Å². The second-order valence-corrected chi connectivity index (χ2v) is 9.94. The van der Waals surface area contributed by atoms with Crippen molar-refractivity contribution in [2.45, 2.75) is 6.54 Å². The molecule has 35 heavy (non-hydrogen) atoms. The molecule has 0 bridgehead atoms. The zero-order chi connectivity index (χ0) is 24.5. The molecular weight excluding hydrogens is 502 g/mol. The lowest BCUT2D eigenvalue weighted by atomic mass is 10.1. The lowest BCUT2D eigenvalue weighted by Gasteiger charge is -2.17. The minimum atomic E-state index is -0.416. The molecule has 6 nitrogen and oxygen atoms in total. The van der Waals surface area contributed by atoms with Crippen molar-refractivity contribution in [3.05, 3.63) is 99.9 Å². The van der Waals surface area contributed by atoms with Gasteiger partial charge in [-0.2, -0.15) is 0 Å². The van der Waals surface area contributed by atoms with Gasteiger partial charge in [-0.05, 0) is 23.8 Å². The minimum absolute atomic E-state index is 0.227. The van der Waals surface area contributed by atoms with E-state index in [-0.39, 0.29) is 22.9 Å². The summed E-state index contributed by atoms with van der Waals surface area (Å²) in [5, 5.41) is 3.14. The van der Waals surface area contributed by atoms with Gasteiger partial charge in [-0.15, -0.1) is 0 Å². The first-order valence-corrected chi connectivity index (χ1v) is 12.3. The van der Waals surface area contributed by atoms with Crippen molar-refractivity contribution in [1.82, 2.24) is 4.90 Å². The number of thioether (sulfide) groups is 1. The number of carbonyl (C=O) groups is 3. The van der Waals surface area contributed by atoms with Gasteiger partial charge in [0.25, 0.3) is 11.8 Å². The van der Waals surface area contributed by atoms with Crippen LogP contribution in [0.25, 0.3) is 5.57 Å². The van der Waals surface area contributed by atoms with Crippen LogP contribution in [0, 0.1) is 0 Å². The molecule has 0 radical (unpaired) electrons. The first-order valence-electron chi connectivity index (χ1n) is 10.7. The monoisotopic (exact) mass is 519 g/mol. The number of hydrogen-bond acceptors (Lipinski definition) is 5. The highest BCUT2D eigenvalue weighted by Gasteiger charge is 2.42. The lowest BCUT2D eigenvalue weighted by Crippen LogP contribution is -2.35. The molecule has 0 spiro atoms. The molecule has 0 aliphatic carbocycles. The Morgan fingerprint density at radius 1 is 0.886 bits per heavy atom. The first kappa shape index (κ1) is 23.3. The normalized spacial score (nSPS) is 17.2. The Morgan fingerprint density at radius 2 is 1.57 bits per heavy atom. The van der Waals surface area contributed by atoms with Gasteiger partial charge in [-0.1, -0.05) is 96.2 Å². The summed E-state index contributed by atoms with van der Waals surface area (Å²) in [5.74, 6) is -1.13. The van der Waals surface area contributed by atoms with Gasteiger partial charge in [0.2, 0.25) is 5.91 Å². The molecule has 3 aromatic rings. The van der Waals surface area contributed by atoms with Crippen LogP contribution in [0.4, 0.5) is 11.4 Å². The smallest absolute Gasteiger partial charge is 0.267 e. The number of para-hydroxylation sites is 2. The van der Waals surface area contributed by atoms with E-state index < -0.39 is 11.8 Å². The number of carbonyl (C=O) groups excluding carboxylic acids is 3. The quantitative estimate of drug-likeness (QED) is 0.375. The van der Waals surface area contributed by atoms with E-state index in [2.05, 4.69) is 5.32 Å². The van der Waals surface area contributed by atoms with Gasteiger partial charge in [0.05, 0.1) is 33.4 Å². The number of rotatable bonds is 5. The van der Waals surface area contributed by atoms with E-state index in [0.29, 0.717) is 32.8 Å². The zero-order valence-corrected chi connectivity index (χ0v) is 20.6. The molecular formula is C26H18ClN3O3S2. The van der Waals surface area contributed by atoms with Gasteiger partial charge in [0.15, 0.2) is 0 Å². The van der Waals surface area contributed by atoms with E-state index >= 15 is 0 Å². The van der Waals surface area contributed by atoms with Crippen LogP contribution in [0.15, 0.2) is 83.8 Å². The van der Waals surface area contributed by atoms with Crippen molar-refractivity contribution in [1.29, 1.82) is 0 Å². The predicted octanol–water partition coefficient (Wildman–Crippen LogP) is 5.10. The van der Waals surface area contributed by atoms with E-state index in [0.717, 1.165) is 17.3 Å². The minimum Gasteiger partial charge on any atom is -0.323 e. The second-order valence-electron chi connectivity index (χ2n) is 7.89. The Labute approximate surface area is 216 Å². The topological polar surface area (TPSA) is 69.7 Å². The molecule has 1 fully saturated rings. The van der Waals surface area contributed by atoms with Gasteiger partial charge in [0, 0.05) is 5.56 Å². The fourth-order valence-corrected chi connectivity index (χ4v) is 5.51. The molecule has 2 aliphatic heterocycles.